The lowest BCUT2D eigenvalue weighted by Gasteiger charge is -2.26. The van der Waals surface area contributed by atoms with E-state index in [-0.39, 0.29) is 17.4 Å². The van der Waals surface area contributed by atoms with Crippen molar-refractivity contribution in [1.82, 2.24) is 5.32 Å². The predicted molar refractivity (Wildman–Crippen MR) is 57.9 cm³/mol. The molecule has 0 radical (unpaired) electrons. The molecule has 1 rings (SSSR count). The maximum Gasteiger partial charge on any atom is 0.226 e. The van der Waals surface area contributed by atoms with E-state index in [9.17, 15) is 4.79 Å². The van der Waals surface area contributed by atoms with Crippen molar-refractivity contribution in [1.29, 1.82) is 0 Å². The largest absolute Gasteiger partial charge is 0.354 e. The summed E-state index contributed by atoms with van der Waals surface area (Å²) < 4.78 is 0. The highest BCUT2D eigenvalue weighted by Crippen LogP contribution is 2.40. The molecule has 1 aliphatic rings. The van der Waals surface area contributed by atoms with E-state index in [1.165, 1.54) is 12.8 Å². The topological polar surface area (TPSA) is 55.1 Å². The van der Waals surface area contributed by atoms with Crippen LogP contribution in [-0.2, 0) is 4.79 Å². The molecule has 1 fully saturated rings. The van der Waals surface area contributed by atoms with Crippen molar-refractivity contribution in [2.24, 2.45) is 11.1 Å². The summed E-state index contributed by atoms with van der Waals surface area (Å²) in [5.41, 5.74) is 5.53. The van der Waals surface area contributed by atoms with E-state index in [0.29, 0.717) is 6.54 Å². The Labute approximate surface area is 86.4 Å². The summed E-state index contributed by atoms with van der Waals surface area (Å²) in [6.07, 6.45) is 5.44. The molecule has 1 atom stereocenters. The van der Waals surface area contributed by atoms with Gasteiger partial charge in [-0.1, -0.05) is 19.8 Å². The molecule has 1 amide bonds. The van der Waals surface area contributed by atoms with Crippen LogP contribution in [0.15, 0.2) is 0 Å². The maximum atomic E-state index is 11.9. The first-order valence-electron chi connectivity index (χ1n) is 5.64. The molecule has 3 heteroatoms. The van der Waals surface area contributed by atoms with Gasteiger partial charge in [0.15, 0.2) is 0 Å². The first-order valence-corrected chi connectivity index (χ1v) is 5.64. The molecular formula is C11H22N2O. The predicted octanol–water partition coefficient (Wildman–Crippen LogP) is 1.42. The Morgan fingerprint density at radius 2 is 2.07 bits per heavy atom. The Kier molecular flexibility index (Phi) is 3.93. The van der Waals surface area contributed by atoms with E-state index in [1.54, 1.807) is 0 Å². The lowest BCUT2D eigenvalue weighted by Crippen LogP contribution is -2.43. The van der Waals surface area contributed by atoms with E-state index in [4.69, 9.17) is 5.73 Å². The van der Waals surface area contributed by atoms with Gasteiger partial charge in [-0.15, -0.1) is 0 Å². The highest BCUT2D eigenvalue weighted by Gasteiger charge is 2.38. The molecular weight excluding hydrogens is 176 g/mol. The third kappa shape index (κ3) is 2.47. The summed E-state index contributed by atoms with van der Waals surface area (Å²) in [5, 5.41) is 2.95. The minimum absolute atomic E-state index is 0.0502. The molecule has 0 bridgehead atoms. The van der Waals surface area contributed by atoms with Gasteiger partial charge >= 0.3 is 0 Å². The zero-order valence-corrected chi connectivity index (χ0v) is 9.31. The van der Waals surface area contributed by atoms with Crippen molar-refractivity contribution >= 4 is 5.91 Å². The summed E-state index contributed by atoms with van der Waals surface area (Å²) in [5.74, 6) is 0.217. The second-order valence-electron chi connectivity index (χ2n) is 4.53. The molecule has 1 unspecified atom stereocenters. The van der Waals surface area contributed by atoms with E-state index in [1.807, 2.05) is 6.92 Å². The molecule has 3 nitrogen and oxygen atoms in total. The van der Waals surface area contributed by atoms with Crippen molar-refractivity contribution < 1.29 is 4.79 Å². The van der Waals surface area contributed by atoms with Crippen LogP contribution in [0.1, 0.15) is 46.0 Å². The Bertz CT molecular complexity index is 195. The lowest BCUT2D eigenvalue weighted by atomic mass is 9.82. The van der Waals surface area contributed by atoms with Gasteiger partial charge in [0.05, 0.1) is 0 Å². The number of rotatable bonds is 4. The first-order chi connectivity index (χ1) is 6.60. The van der Waals surface area contributed by atoms with Crippen molar-refractivity contribution in [2.75, 3.05) is 6.54 Å². The summed E-state index contributed by atoms with van der Waals surface area (Å²) in [6, 6.07) is 0.0502. The number of nitrogens with one attached hydrogen (secondary N) is 1. The molecule has 0 aromatic heterocycles. The molecule has 0 aliphatic heterocycles. The zero-order chi connectivity index (χ0) is 10.6. The monoisotopic (exact) mass is 198 g/mol. The summed E-state index contributed by atoms with van der Waals surface area (Å²) in [7, 11) is 0. The van der Waals surface area contributed by atoms with E-state index >= 15 is 0 Å². The Hall–Kier alpha value is -0.570. The van der Waals surface area contributed by atoms with Crippen LogP contribution in [0.5, 0.6) is 0 Å². The summed E-state index contributed by atoms with van der Waals surface area (Å²) >= 11 is 0. The highest BCUT2D eigenvalue weighted by molar-refractivity contribution is 5.82. The fraction of sp³-hybridized carbons (Fsp3) is 0.909. The van der Waals surface area contributed by atoms with Gasteiger partial charge in [0, 0.05) is 18.0 Å². The quantitative estimate of drug-likeness (QED) is 0.718. The average molecular weight is 198 g/mol. The molecule has 0 aromatic carbocycles. The van der Waals surface area contributed by atoms with Gasteiger partial charge in [0.1, 0.15) is 0 Å². The van der Waals surface area contributed by atoms with Crippen molar-refractivity contribution in [2.45, 2.75) is 52.0 Å². The lowest BCUT2D eigenvalue weighted by molar-refractivity contribution is -0.131. The van der Waals surface area contributed by atoms with Gasteiger partial charge in [0.2, 0.25) is 5.91 Å². The van der Waals surface area contributed by atoms with Crippen LogP contribution < -0.4 is 11.1 Å². The summed E-state index contributed by atoms with van der Waals surface area (Å²) in [4.78, 5) is 11.9. The van der Waals surface area contributed by atoms with Crippen LogP contribution in [0.25, 0.3) is 0 Å². The number of carbonyl (C=O) groups is 1. The van der Waals surface area contributed by atoms with Crippen LogP contribution in [0, 0.1) is 5.41 Å². The molecule has 1 aliphatic carbocycles. The number of hydrogen-bond acceptors (Lipinski definition) is 2. The first kappa shape index (κ1) is 11.5. The van der Waals surface area contributed by atoms with Gasteiger partial charge in [-0.05, 0) is 26.2 Å². The molecule has 3 N–H and O–H groups in total. The molecule has 0 spiro atoms. The van der Waals surface area contributed by atoms with E-state index in [2.05, 4.69) is 12.2 Å². The SMILES string of the molecule is CCC1(C(=O)NCC(C)N)CCCC1. The fourth-order valence-corrected chi connectivity index (χ4v) is 2.23. The average Bonchev–Trinajstić information content (AvgIpc) is 2.63. The van der Waals surface area contributed by atoms with Crippen molar-refractivity contribution in [3.63, 3.8) is 0 Å². The fourth-order valence-electron chi connectivity index (χ4n) is 2.23. The number of amides is 1. The van der Waals surface area contributed by atoms with Gasteiger partial charge in [-0.3, -0.25) is 4.79 Å². The normalized spacial score (nSPS) is 21.9. The maximum absolute atomic E-state index is 11.9. The van der Waals surface area contributed by atoms with Crippen LogP contribution >= 0.6 is 0 Å². The van der Waals surface area contributed by atoms with Crippen LogP contribution in [-0.4, -0.2) is 18.5 Å². The minimum atomic E-state index is -0.0745. The Balaban J connectivity index is 2.48. The van der Waals surface area contributed by atoms with Crippen LogP contribution in [0.4, 0.5) is 0 Å². The third-order valence-corrected chi connectivity index (χ3v) is 3.30. The Morgan fingerprint density at radius 1 is 1.50 bits per heavy atom. The smallest absolute Gasteiger partial charge is 0.226 e. The molecule has 0 aromatic rings. The Morgan fingerprint density at radius 3 is 2.50 bits per heavy atom. The van der Waals surface area contributed by atoms with Gasteiger partial charge in [0.25, 0.3) is 0 Å². The van der Waals surface area contributed by atoms with E-state index < -0.39 is 0 Å². The molecule has 1 saturated carbocycles. The number of hydrogen-bond donors (Lipinski definition) is 2. The van der Waals surface area contributed by atoms with Crippen LogP contribution in [0.3, 0.4) is 0 Å². The van der Waals surface area contributed by atoms with E-state index in [0.717, 1.165) is 19.3 Å². The van der Waals surface area contributed by atoms with Crippen molar-refractivity contribution in [3.05, 3.63) is 0 Å². The second kappa shape index (κ2) is 4.78. The molecule has 14 heavy (non-hydrogen) atoms. The minimum Gasteiger partial charge on any atom is -0.354 e. The number of nitrogens with two attached hydrogens (primary N) is 1. The molecule has 0 heterocycles. The molecule has 82 valence electrons. The second-order valence-corrected chi connectivity index (χ2v) is 4.53. The van der Waals surface area contributed by atoms with Crippen molar-refractivity contribution in [3.8, 4) is 0 Å². The molecule has 0 saturated heterocycles. The van der Waals surface area contributed by atoms with Gasteiger partial charge in [-0.2, -0.15) is 0 Å². The van der Waals surface area contributed by atoms with Gasteiger partial charge < -0.3 is 11.1 Å². The number of carbonyl (C=O) groups excluding carboxylic acids is 1. The van der Waals surface area contributed by atoms with Gasteiger partial charge in [-0.25, -0.2) is 0 Å². The third-order valence-electron chi connectivity index (χ3n) is 3.30. The highest BCUT2D eigenvalue weighted by atomic mass is 16.2. The summed E-state index contributed by atoms with van der Waals surface area (Å²) in [6.45, 7) is 4.62. The zero-order valence-electron chi connectivity index (χ0n) is 9.31. The standard InChI is InChI=1S/C11H22N2O/c1-3-11(6-4-5-7-11)10(14)13-8-9(2)12/h9H,3-8,12H2,1-2H3,(H,13,14). The van der Waals surface area contributed by atoms with Crippen LogP contribution in [0.2, 0.25) is 0 Å².